The second kappa shape index (κ2) is 5.61. The summed E-state index contributed by atoms with van der Waals surface area (Å²) in [4.78, 5) is 5.78. The zero-order chi connectivity index (χ0) is 13.2. The van der Waals surface area contributed by atoms with Gasteiger partial charge in [-0.1, -0.05) is 12.1 Å². The van der Waals surface area contributed by atoms with Gasteiger partial charge in [0.15, 0.2) is 0 Å². The molecule has 0 unspecified atom stereocenters. The molecule has 2 aromatic heterocycles. The van der Waals surface area contributed by atoms with Gasteiger partial charge in [-0.25, -0.2) is 0 Å². The van der Waals surface area contributed by atoms with Crippen LogP contribution in [0.4, 0.5) is 5.69 Å². The van der Waals surface area contributed by atoms with Crippen LogP contribution in [0, 0.1) is 0 Å². The molecule has 5 heteroatoms. The number of rotatable bonds is 3. The van der Waals surface area contributed by atoms with Crippen LogP contribution in [-0.2, 0) is 6.54 Å². The summed E-state index contributed by atoms with van der Waals surface area (Å²) in [5.74, 6) is 0. The summed E-state index contributed by atoms with van der Waals surface area (Å²) < 4.78 is 2.13. The molecule has 0 saturated carbocycles. The Kier molecular flexibility index (Phi) is 3.86. The van der Waals surface area contributed by atoms with E-state index in [1.165, 1.54) is 4.88 Å². The highest BCUT2D eigenvalue weighted by molar-refractivity contribution is 9.10. The Hall–Kier alpha value is -0.910. The lowest BCUT2D eigenvalue weighted by molar-refractivity contribution is 1.19. The van der Waals surface area contributed by atoms with Crippen LogP contribution in [0.2, 0.25) is 0 Å². The number of halogens is 2. The van der Waals surface area contributed by atoms with Crippen molar-refractivity contribution >= 4 is 59.8 Å². The molecule has 0 fully saturated rings. The van der Waals surface area contributed by atoms with Crippen molar-refractivity contribution in [3.63, 3.8) is 0 Å². The van der Waals surface area contributed by atoms with Crippen LogP contribution in [0.25, 0.3) is 10.9 Å². The van der Waals surface area contributed by atoms with Crippen molar-refractivity contribution in [1.29, 1.82) is 0 Å². The molecule has 3 aromatic rings. The minimum Gasteiger partial charge on any atom is -0.378 e. The average Bonchev–Trinajstić information content (AvgIpc) is 2.81. The molecule has 0 saturated heterocycles. The van der Waals surface area contributed by atoms with Crippen LogP contribution >= 0.6 is 43.2 Å². The van der Waals surface area contributed by atoms with E-state index in [9.17, 15) is 0 Å². The van der Waals surface area contributed by atoms with E-state index in [0.29, 0.717) is 0 Å². The molecule has 0 aliphatic carbocycles. The van der Waals surface area contributed by atoms with Crippen molar-refractivity contribution in [2.24, 2.45) is 0 Å². The Balaban J connectivity index is 1.88. The van der Waals surface area contributed by atoms with E-state index in [-0.39, 0.29) is 0 Å². The van der Waals surface area contributed by atoms with Gasteiger partial charge in [0.2, 0.25) is 0 Å². The van der Waals surface area contributed by atoms with Crippen LogP contribution in [0.15, 0.2) is 50.9 Å². The van der Waals surface area contributed by atoms with Crippen molar-refractivity contribution < 1.29 is 0 Å². The van der Waals surface area contributed by atoms with Crippen molar-refractivity contribution in [1.82, 2.24) is 4.98 Å². The minimum absolute atomic E-state index is 0.813. The Bertz CT molecular complexity index is 724. The van der Waals surface area contributed by atoms with Crippen molar-refractivity contribution in [2.45, 2.75) is 6.54 Å². The number of nitrogens with zero attached hydrogens (tertiary/aromatic N) is 1. The highest BCUT2D eigenvalue weighted by Gasteiger charge is 2.03. The maximum absolute atomic E-state index is 4.48. The van der Waals surface area contributed by atoms with Gasteiger partial charge in [-0.05, 0) is 50.1 Å². The largest absolute Gasteiger partial charge is 0.378 e. The molecule has 3 rings (SSSR count). The maximum atomic E-state index is 4.48. The molecule has 0 radical (unpaired) electrons. The molecule has 1 N–H and O–H groups in total. The van der Waals surface area contributed by atoms with Gasteiger partial charge >= 0.3 is 0 Å². The molecule has 1 aromatic carbocycles. The SMILES string of the molecule is Brc1csc(CNc2cccc3cc(Br)cnc23)c1. The lowest BCUT2D eigenvalue weighted by atomic mass is 10.2. The van der Waals surface area contributed by atoms with E-state index in [0.717, 1.165) is 32.1 Å². The van der Waals surface area contributed by atoms with Crippen molar-refractivity contribution in [3.05, 3.63) is 55.7 Å². The average molecular weight is 398 g/mol. The molecule has 0 bridgehead atoms. The number of aromatic nitrogens is 1. The van der Waals surface area contributed by atoms with Crippen LogP contribution in [0.5, 0.6) is 0 Å². The third kappa shape index (κ3) is 2.99. The van der Waals surface area contributed by atoms with Gasteiger partial charge in [0.1, 0.15) is 0 Å². The van der Waals surface area contributed by atoms with Crippen LogP contribution in [-0.4, -0.2) is 4.98 Å². The number of benzene rings is 1. The highest BCUT2D eigenvalue weighted by atomic mass is 79.9. The summed E-state index contributed by atoms with van der Waals surface area (Å²) in [6, 6.07) is 10.4. The molecule has 2 nitrogen and oxygen atoms in total. The monoisotopic (exact) mass is 396 g/mol. The smallest absolute Gasteiger partial charge is 0.0934 e. The molecule has 96 valence electrons. The normalized spacial score (nSPS) is 10.8. The Morgan fingerprint density at radius 2 is 2.05 bits per heavy atom. The zero-order valence-electron chi connectivity index (χ0n) is 9.86. The lowest BCUT2D eigenvalue weighted by Gasteiger charge is -2.08. The summed E-state index contributed by atoms with van der Waals surface area (Å²) >= 11 is 8.66. The number of nitrogens with one attached hydrogen (secondary N) is 1. The summed E-state index contributed by atoms with van der Waals surface area (Å²) in [7, 11) is 0. The summed E-state index contributed by atoms with van der Waals surface area (Å²) in [6.45, 7) is 0.813. The van der Waals surface area contributed by atoms with E-state index in [2.05, 4.69) is 71.8 Å². The van der Waals surface area contributed by atoms with Crippen molar-refractivity contribution in [3.8, 4) is 0 Å². The Morgan fingerprint density at radius 3 is 2.84 bits per heavy atom. The van der Waals surface area contributed by atoms with Gasteiger partial charge in [0, 0.05) is 37.3 Å². The number of pyridine rings is 1. The molecular weight excluding hydrogens is 388 g/mol. The summed E-state index contributed by atoms with van der Waals surface area (Å²) in [5.41, 5.74) is 2.07. The second-order valence-electron chi connectivity index (χ2n) is 4.12. The van der Waals surface area contributed by atoms with Crippen molar-refractivity contribution in [2.75, 3.05) is 5.32 Å². The van der Waals surface area contributed by atoms with Crippen LogP contribution in [0.1, 0.15) is 4.88 Å². The van der Waals surface area contributed by atoms with E-state index in [1.54, 1.807) is 11.3 Å². The number of anilines is 1. The molecule has 2 heterocycles. The third-order valence-electron chi connectivity index (χ3n) is 2.75. The predicted octanol–water partition coefficient (Wildman–Crippen LogP) is 5.43. The van der Waals surface area contributed by atoms with Gasteiger partial charge in [-0.3, -0.25) is 4.98 Å². The maximum Gasteiger partial charge on any atom is 0.0934 e. The van der Waals surface area contributed by atoms with E-state index >= 15 is 0 Å². The first-order valence-corrected chi connectivity index (χ1v) is 8.20. The molecule has 0 aliphatic rings. The van der Waals surface area contributed by atoms with Gasteiger partial charge in [0.05, 0.1) is 11.2 Å². The first-order valence-electron chi connectivity index (χ1n) is 5.73. The fourth-order valence-corrected chi connectivity index (χ4v) is 3.65. The first-order chi connectivity index (χ1) is 9.22. The molecular formula is C14H10Br2N2S. The Labute approximate surface area is 132 Å². The van der Waals surface area contributed by atoms with Gasteiger partial charge in [0.25, 0.3) is 0 Å². The second-order valence-corrected chi connectivity index (χ2v) is 6.94. The van der Waals surface area contributed by atoms with E-state index < -0.39 is 0 Å². The van der Waals surface area contributed by atoms with Gasteiger partial charge < -0.3 is 5.32 Å². The number of para-hydroxylation sites is 1. The van der Waals surface area contributed by atoms with Gasteiger partial charge in [-0.2, -0.15) is 0 Å². The molecule has 0 atom stereocenters. The minimum atomic E-state index is 0.813. The number of thiophene rings is 1. The lowest BCUT2D eigenvalue weighted by Crippen LogP contribution is -1.98. The number of fused-ring (bicyclic) bond motifs is 1. The highest BCUT2D eigenvalue weighted by Crippen LogP contribution is 2.25. The molecule has 0 aliphatic heterocycles. The summed E-state index contributed by atoms with van der Waals surface area (Å²) in [6.07, 6.45) is 1.83. The predicted molar refractivity (Wildman–Crippen MR) is 88.8 cm³/mol. The zero-order valence-corrected chi connectivity index (χ0v) is 13.8. The fourth-order valence-electron chi connectivity index (χ4n) is 1.91. The standard InChI is InChI=1S/C14H10Br2N2S/c15-10-4-9-2-1-3-13(14(9)18-6-10)17-7-12-5-11(16)8-19-12/h1-6,8,17H,7H2. The number of hydrogen-bond acceptors (Lipinski definition) is 3. The fraction of sp³-hybridized carbons (Fsp3) is 0.0714. The first kappa shape index (κ1) is 13.1. The quantitative estimate of drug-likeness (QED) is 0.636. The Morgan fingerprint density at radius 1 is 1.16 bits per heavy atom. The molecule has 0 spiro atoms. The molecule has 19 heavy (non-hydrogen) atoms. The summed E-state index contributed by atoms with van der Waals surface area (Å²) in [5, 5.41) is 6.67. The van der Waals surface area contributed by atoms with E-state index in [4.69, 9.17) is 0 Å². The van der Waals surface area contributed by atoms with Crippen LogP contribution in [0.3, 0.4) is 0 Å². The number of hydrogen-bond donors (Lipinski definition) is 1. The third-order valence-corrected chi connectivity index (χ3v) is 4.88. The van der Waals surface area contributed by atoms with Crippen LogP contribution < -0.4 is 5.32 Å². The topological polar surface area (TPSA) is 24.9 Å². The molecule has 0 amide bonds. The van der Waals surface area contributed by atoms with Gasteiger partial charge in [-0.15, -0.1) is 11.3 Å². The van der Waals surface area contributed by atoms with E-state index in [1.807, 2.05) is 12.3 Å².